The number of rotatable bonds is 12. The Morgan fingerprint density at radius 3 is 2.12 bits per heavy atom. The molecule has 0 radical (unpaired) electrons. The van der Waals surface area contributed by atoms with Crippen molar-refractivity contribution in [1.29, 1.82) is 0 Å². The molecule has 1 aromatic carbocycles. The van der Waals surface area contributed by atoms with Gasteiger partial charge in [-0.15, -0.1) is 0 Å². The van der Waals surface area contributed by atoms with Crippen molar-refractivity contribution in [3.63, 3.8) is 0 Å². The molecule has 5 nitrogen and oxygen atoms in total. The van der Waals surface area contributed by atoms with Gasteiger partial charge in [0, 0.05) is 13.1 Å². The van der Waals surface area contributed by atoms with Crippen molar-refractivity contribution in [3.05, 3.63) is 35.9 Å². The lowest BCUT2D eigenvalue weighted by Crippen LogP contribution is -2.41. The first-order valence-electron chi connectivity index (χ1n) is 9.39. The maximum atomic E-state index is 12.4. The first-order valence-corrected chi connectivity index (χ1v) is 9.39. The van der Waals surface area contributed by atoms with E-state index in [2.05, 4.69) is 19.2 Å². The summed E-state index contributed by atoms with van der Waals surface area (Å²) in [7, 11) is 0. The summed E-state index contributed by atoms with van der Waals surface area (Å²) in [5, 5.41) is 2.56. The third kappa shape index (κ3) is 9.75. The molecule has 0 aliphatic carbocycles. The van der Waals surface area contributed by atoms with Crippen LogP contribution in [0.2, 0.25) is 0 Å². The summed E-state index contributed by atoms with van der Waals surface area (Å²) in [6.07, 6.45) is 5.94. The molecule has 0 aliphatic rings. The van der Waals surface area contributed by atoms with Gasteiger partial charge < -0.3 is 15.0 Å². The van der Waals surface area contributed by atoms with E-state index < -0.39 is 6.09 Å². The zero-order chi connectivity index (χ0) is 18.3. The van der Waals surface area contributed by atoms with E-state index in [0.29, 0.717) is 0 Å². The summed E-state index contributed by atoms with van der Waals surface area (Å²) in [5.41, 5.74) is 0.921. The molecule has 0 aromatic heterocycles. The van der Waals surface area contributed by atoms with Crippen molar-refractivity contribution in [2.45, 2.75) is 59.0 Å². The number of amides is 2. The Hall–Kier alpha value is -2.04. The van der Waals surface area contributed by atoms with Crippen LogP contribution in [0.4, 0.5) is 4.79 Å². The van der Waals surface area contributed by atoms with Gasteiger partial charge in [0.2, 0.25) is 5.91 Å². The summed E-state index contributed by atoms with van der Waals surface area (Å²) in [6.45, 7) is 6.01. The van der Waals surface area contributed by atoms with Crippen LogP contribution in [-0.2, 0) is 16.1 Å². The molecule has 0 saturated carbocycles. The van der Waals surface area contributed by atoms with Crippen molar-refractivity contribution in [1.82, 2.24) is 10.2 Å². The number of hydrogen-bond acceptors (Lipinski definition) is 3. The maximum Gasteiger partial charge on any atom is 0.407 e. The monoisotopic (exact) mass is 348 g/mol. The van der Waals surface area contributed by atoms with Crippen LogP contribution in [0.1, 0.15) is 57.9 Å². The normalized spacial score (nSPS) is 10.3. The van der Waals surface area contributed by atoms with Crippen LogP contribution in [0.25, 0.3) is 0 Å². The van der Waals surface area contributed by atoms with Crippen molar-refractivity contribution in [2.75, 3.05) is 19.6 Å². The van der Waals surface area contributed by atoms with Gasteiger partial charge >= 0.3 is 6.09 Å². The second-order valence-corrected chi connectivity index (χ2v) is 6.21. The minimum atomic E-state index is -0.556. The lowest BCUT2D eigenvalue weighted by molar-refractivity contribution is -0.130. The molecule has 2 amide bonds. The first-order chi connectivity index (χ1) is 12.2. The average Bonchev–Trinajstić information content (AvgIpc) is 2.64. The third-order valence-electron chi connectivity index (χ3n) is 4.01. The van der Waals surface area contributed by atoms with Crippen LogP contribution in [-0.4, -0.2) is 36.5 Å². The number of carbonyl (C=O) groups excluding carboxylic acids is 2. The molecular weight excluding hydrogens is 316 g/mol. The first kappa shape index (κ1) is 21.0. The predicted molar refractivity (Wildman–Crippen MR) is 100 cm³/mol. The highest BCUT2D eigenvalue weighted by atomic mass is 16.5. The van der Waals surface area contributed by atoms with Crippen LogP contribution in [0.5, 0.6) is 0 Å². The quantitative estimate of drug-likeness (QED) is 0.578. The standard InChI is InChI=1S/C20H32N2O3/c1-3-5-10-14-22(15-11-6-4-2)19(23)16-21-20(24)25-17-18-12-8-7-9-13-18/h7-9,12-13H,3-6,10-11,14-17H2,1-2H3,(H,21,24). The van der Waals surface area contributed by atoms with E-state index in [1.54, 1.807) is 0 Å². The molecule has 25 heavy (non-hydrogen) atoms. The third-order valence-corrected chi connectivity index (χ3v) is 4.01. The molecule has 0 fully saturated rings. The van der Waals surface area contributed by atoms with E-state index in [1.807, 2.05) is 35.2 Å². The Bertz CT molecular complexity index is 481. The summed E-state index contributed by atoms with van der Waals surface area (Å²) >= 11 is 0. The second-order valence-electron chi connectivity index (χ2n) is 6.21. The van der Waals surface area contributed by atoms with Crippen LogP contribution in [0.15, 0.2) is 30.3 Å². The molecule has 0 spiro atoms. The molecule has 0 heterocycles. The van der Waals surface area contributed by atoms with E-state index in [1.165, 1.54) is 0 Å². The summed E-state index contributed by atoms with van der Waals surface area (Å²) < 4.78 is 5.13. The molecule has 1 aromatic rings. The van der Waals surface area contributed by atoms with Gasteiger partial charge in [0.05, 0.1) is 0 Å². The van der Waals surface area contributed by atoms with Gasteiger partial charge in [-0.2, -0.15) is 0 Å². The minimum Gasteiger partial charge on any atom is -0.445 e. The van der Waals surface area contributed by atoms with Gasteiger partial charge in [-0.25, -0.2) is 4.79 Å². The van der Waals surface area contributed by atoms with Crippen LogP contribution in [0, 0.1) is 0 Å². The van der Waals surface area contributed by atoms with E-state index in [9.17, 15) is 9.59 Å². The largest absolute Gasteiger partial charge is 0.445 e. The van der Waals surface area contributed by atoms with Crippen molar-refractivity contribution < 1.29 is 14.3 Å². The van der Waals surface area contributed by atoms with Gasteiger partial charge in [-0.3, -0.25) is 4.79 Å². The molecule has 5 heteroatoms. The van der Waals surface area contributed by atoms with Crippen molar-refractivity contribution in [3.8, 4) is 0 Å². The molecule has 0 saturated heterocycles. The number of unbranched alkanes of at least 4 members (excludes halogenated alkanes) is 4. The molecule has 140 valence electrons. The fraction of sp³-hybridized carbons (Fsp3) is 0.600. The molecule has 1 N–H and O–H groups in total. The van der Waals surface area contributed by atoms with Gasteiger partial charge in [-0.1, -0.05) is 69.9 Å². The minimum absolute atomic E-state index is 0.00806. The summed E-state index contributed by atoms with van der Waals surface area (Å²) in [4.78, 5) is 26.0. The molecule has 1 rings (SSSR count). The number of nitrogens with zero attached hydrogens (tertiary/aromatic N) is 1. The predicted octanol–water partition coefficient (Wildman–Crippen LogP) is 4.12. The molecule has 0 atom stereocenters. The molecular formula is C20H32N2O3. The number of ether oxygens (including phenoxy) is 1. The van der Waals surface area contributed by atoms with Crippen LogP contribution in [0.3, 0.4) is 0 Å². The van der Waals surface area contributed by atoms with E-state index in [-0.39, 0.29) is 19.1 Å². The second kappa shape index (κ2) is 13.3. The van der Waals surface area contributed by atoms with Gasteiger partial charge in [0.15, 0.2) is 0 Å². The fourth-order valence-electron chi connectivity index (χ4n) is 2.50. The topological polar surface area (TPSA) is 58.6 Å². The Labute approximate surface area is 151 Å². The lowest BCUT2D eigenvalue weighted by Gasteiger charge is -2.23. The molecule has 0 aliphatic heterocycles. The molecule has 0 bridgehead atoms. The van der Waals surface area contributed by atoms with Gasteiger partial charge in [0.25, 0.3) is 0 Å². The van der Waals surface area contributed by atoms with E-state index in [0.717, 1.165) is 57.2 Å². The van der Waals surface area contributed by atoms with Gasteiger partial charge in [-0.05, 0) is 18.4 Å². The number of alkyl carbamates (subject to hydrolysis) is 1. The summed E-state index contributed by atoms with van der Waals surface area (Å²) in [6, 6.07) is 9.48. The Kier molecular flexibility index (Phi) is 11.2. The average molecular weight is 348 g/mol. The highest BCUT2D eigenvalue weighted by Crippen LogP contribution is 2.04. The zero-order valence-electron chi connectivity index (χ0n) is 15.6. The Morgan fingerprint density at radius 1 is 0.960 bits per heavy atom. The Morgan fingerprint density at radius 2 is 1.56 bits per heavy atom. The molecule has 0 unspecified atom stereocenters. The van der Waals surface area contributed by atoms with Crippen molar-refractivity contribution >= 4 is 12.0 Å². The van der Waals surface area contributed by atoms with Crippen LogP contribution < -0.4 is 5.32 Å². The highest BCUT2D eigenvalue weighted by molar-refractivity contribution is 5.82. The fourth-order valence-corrected chi connectivity index (χ4v) is 2.50. The Balaban J connectivity index is 2.33. The van der Waals surface area contributed by atoms with Crippen molar-refractivity contribution in [2.24, 2.45) is 0 Å². The van der Waals surface area contributed by atoms with E-state index in [4.69, 9.17) is 4.74 Å². The van der Waals surface area contributed by atoms with Crippen LogP contribution >= 0.6 is 0 Å². The lowest BCUT2D eigenvalue weighted by atomic mass is 10.2. The SMILES string of the molecule is CCCCCN(CCCCC)C(=O)CNC(=O)OCc1ccccc1. The number of carbonyl (C=O) groups is 2. The number of benzene rings is 1. The number of hydrogen-bond donors (Lipinski definition) is 1. The van der Waals surface area contributed by atoms with E-state index >= 15 is 0 Å². The zero-order valence-corrected chi connectivity index (χ0v) is 15.6. The van der Waals surface area contributed by atoms with Gasteiger partial charge in [0.1, 0.15) is 13.2 Å². The maximum absolute atomic E-state index is 12.4. The summed E-state index contributed by atoms with van der Waals surface area (Å²) in [5.74, 6) is -0.0381. The highest BCUT2D eigenvalue weighted by Gasteiger charge is 2.14. The smallest absolute Gasteiger partial charge is 0.407 e. The number of nitrogens with one attached hydrogen (secondary N) is 1.